The molecule has 0 saturated carbocycles. The number of hydrogen-bond donors (Lipinski definition) is 0. The number of benzene rings is 1. The van der Waals surface area contributed by atoms with Crippen LogP contribution in [0, 0.1) is 5.92 Å². The predicted molar refractivity (Wildman–Crippen MR) is 112 cm³/mol. The van der Waals surface area contributed by atoms with Crippen molar-refractivity contribution in [2.75, 3.05) is 51.5 Å². The van der Waals surface area contributed by atoms with Crippen LogP contribution in [0.2, 0.25) is 0 Å². The molecule has 3 rings (SSSR count). The van der Waals surface area contributed by atoms with Gasteiger partial charge in [-0.25, -0.2) is 0 Å². The molecule has 1 aromatic carbocycles. The van der Waals surface area contributed by atoms with Gasteiger partial charge in [0, 0.05) is 44.8 Å². The fraction of sp³-hybridized carbons (Fsp3) is 0.545. The van der Waals surface area contributed by atoms with Gasteiger partial charge in [-0.15, -0.1) is 0 Å². The van der Waals surface area contributed by atoms with Crippen molar-refractivity contribution in [3.8, 4) is 11.3 Å². The Balaban J connectivity index is 1.94. The normalized spacial score (nSPS) is 14.4. The number of nitrogens with zero attached hydrogens (tertiary/aromatic N) is 3. The maximum Gasteiger partial charge on any atom is 0.233 e. The molecule has 0 radical (unpaired) electrons. The van der Waals surface area contributed by atoms with Crippen LogP contribution in [-0.2, 0) is 20.8 Å². The maximum absolute atomic E-state index is 12.9. The molecule has 2 heterocycles. The Kier molecular flexibility index (Phi) is 7.66. The second-order valence-corrected chi connectivity index (χ2v) is 7.54. The van der Waals surface area contributed by atoms with Crippen molar-refractivity contribution in [3.63, 3.8) is 0 Å². The van der Waals surface area contributed by atoms with E-state index in [1.54, 1.807) is 7.11 Å². The molecule has 1 saturated heterocycles. The molecule has 0 bridgehead atoms. The van der Waals surface area contributed by atoms with Crippen molar-refractivity contribution in [1.82, 2.24) is 10.1 Å². The number of carbonyl (C=O) groups is 1. The van der Waals surface area contributed by atoms with Crippen molar-refractivity contribution >= 4 is 11.8 Å². The number of anilines is 1. The van der Waals surface area contributed by atoms with Crippen molar-refractivity contribution in [2.45, 2.75) is 26.8 Å². The summed E-state index contributed by atoms with van der Waals surface area (Å²) in [4.78, 5) is 17.0. The third kappa shape index (κ3) is 5.36. The lowest BCUT2D eigenvalue weighted by Crippen LogP contribution is -2.38. The van der Waals surface area contributed by atoms with Crippen LogP contribution in [0.3, 0.4) is 0 Å². The van der Waals surface area contributed by atoms with E-state index in [-0.39, 0.29) is 11.8 Å². The van der Waals surface area contributed by atoms with Crippen LogP contribution < -0.4 is 4.90 Å². The van der Waals surface area contributed by atoms with Crippen molar-refractivity contribution in [3.05, 3.63) is 35.9 Å². The number of ether oxygens (including phenoxy) is 2. The topological polar surface area (TPSA) is 68.0 Å². The first-order chi connectivity index (χ1) is 14.1. The first-order valence-electron chi connectivity index (χ1n) is 10.3. The van der Waals surface area contributed by atoms with E-state index in [4.69, 9.17) is 14.0 Å². The van der Waals surface area contributed by atoms with Crippen LogP contribution in [-0.4, -0.2) is 62.5 Å². The molecular weight excluding hydrogens is 370 g/mol. The summed E-state index contributed by atoms with van der Waals surface area (Å²) in [5.41, 5.74) is 2.73. The summed E-state index contributed by atoms with van der Waals surface area (Å²) in [5, 5.41) is 4.40. The number of carbonyl (C=O) groups excluding carboxylic acids is 1. The Morgan fingerprint density at radius 3 is 2.62 bits per heavy atom. The Morgan fingerprint density at radius 2 is 1.97 bits per heavy atom. The zero-order valence-corrected chi connectivity index (χ0v) is 17.6. The molecule has 1 aromatic heterocycles. The smallest absolute Gasteiger partial charge is 0.233 e. The zero-order valence-electron chi connectivity index (χ0n) is 17.6. The van der Waals surface area contributed by atoms with Crippen molar-refractivity contribution in [2.24, 2.45) is 5.92 Å². The third-order valence-corrected chi connectivity index (χ3v) is 5.04. The van der Waals surface area contributed by atoms with E-state index in [0.717, 1.165) is 42.2 Å². The summed E-state index contributed by atoms with van der Waals surface area (Å²) in [6.07, 6.45) is 0.786. The van der Waals surface area contributed by atoms with E-state index >= 15 is 0 Å². The molecular formula is C22H31N3O4. The molecule has 0 spiro atoms. The van der Waals surface area contributed by atoms with E-state index in [9.17, 15) is 4.79 Å². The summed E-state index contributed by atoms with van der Waals surface area (Å²) < 4.78 is 16.5. The van der Waals surface area contributed by atoms with E-state index in [2.05, 4.69) is 10.1 Å². The fourth-order valence-electron chi connectivity index (χ4n) is 3.50. The second-order valence-electron chi connectivity index (χ2n) is 7.54. The number of rotatable bonds is 9. The Bertz CT molecular complexity index is 770. The van der Waals surface area contributed by atoms with Gasteiger partial charge in [-0.05, 0) is 6.42 Å². The van der Waals surface area contributed by atoms with E-state index in [1.165, 1.54) is 0 Å². The summed E-state index contributed by atoms with van der Waals surface area (Å²) >= 11 is 0. The molecule has 1 aliphatic heterocycles. The highest BCUT2D eigenvalue weighted by Crippen LogP contribution is 2.33. The van der Waals surface area contributed by atoms with Crippen LogP contribution in [0.15, 0.2) is 34.9 Å². The lowest BCUT2D eigenvalue weighted by molar-refractivity contribution is -0.135. The first kappa shape index (κ1) is 21.3. The first-order valence-corrected chi connectivity index (χ1v) is 10.3. The number of morpholine rings is 1. The zero-order chi connectivity index (χ0) is 20.6. The van der Waals surface area contributed by atoms with Gasteiger partial charge in [-0.1, -0.05) is 49.3 Å². The molecule has 0 atom stereocenters. The lowest BCUT2D eigenvalue weighted by atomic mass is 10.1. The molecule has 1 fully saturated rings. The summed E-state index contributed by atoms with van der Waals surface area (Å²) in [7, 11) is 1.68. The number of methoxy groups -OCH3 is 1. The van der Waals surface area contributed by atoms with Crippen molar-refractivity contribution in [1.29, 1.82) is 0 Å². The Labute approximate surface area is 172 Å². The molecule has 0 unspecified atom stereocenters. The van der Waals surface area contributed by atoms with Gasteiger partial charge in [0.15, 0.2) is 0 Å². The van der Waals surface area contributed by atoms with Gasteiger partial charge in [0.2, 0.25) is 11.8 Å². The monoisotopic (exact) mass is 401 g/mol. The van der Waals surface area contributed by atoms with Gasteiger partial charge >= 0.3 is 0 Å². The third-order valence-electron chi connectivity index (χ3n) is 5.04. The molecule has 7 heteroatoms. The van der Waals surface area contributed by atoms with Crippen molar-refractivity contribution < 1.29 is 18.8 Å². The van der Waals surface area contributed by atoms with Gasteiger partial charge in [0.05, 0.1) is 25.3 Å². The predicted octanol–water partition coefficient (Wildman–Crippen LogP) is 3.20. The molecule has 29 heavy (non-hydrogen) atoms. The van der Waals surface area contributed by atoms with Crippen LogP contribution in [0.5, 0.6) is 0 Å². The molecule has 1 aliphatic rings. The molecule has 1 amide bonds. The standard InChI is InChI=1S/C22H31N3O4/c1-17(2)21(26)25(10-7-13-27-3)16-19-20(18-8-5-4-6-9-18)23-29-22(19)24-11-14-28-15-12-24/h4-6,8-9,17H,7,10-16H2,1-3H3. The van der Waals surface area contributed by atoms with Crippen LogP contribution in [0.1, 0.15) is 25.8 Å². The summed E-state index contributed by atoms with van der Waals surface area (Å²) in [6.45, 7) is 8.38. The van der Waals surface area contributed by atoms with E-state index in [0.29, 0.717) is 32.9 Å². The quantitative estimate of drug-likeness (QED) is 0.601. The van der Waals surface area contributed by atoms with E-state index in [1.807, 2.05) is 49.1 Å². The van der Waals surface area contributed by atoms with Gasteiger partial charge < -0.3 is 23.8 Å². The van der Waals surface area contributed by atoms with Crippen LogP contribution in [0.25, 0.3) is 11.3 Å². The molecule has 2 aromatic rings. The SMILES string of the molecule is COCCCN(Cc1c(-c2ccccc2)noc1N1CCOCC1)C(=O)C(C)C. The second kappa shape index (κ2) is 10.4. The molecule has 158 valence electrons. The number of hydrogen-bond acceptors (Lipinski definition) is 6. The van der Waals surface area contributed by atoms with Gasteiger partial charge in [-0.2, -0.15) is 0 Å². The highest BCUT2D eigenvalue weighted by atomic mass is 16.5. The van der Waals surface area contributed by atoms with Crippen LogP contribution in [0.4, 0.5) is 5.88 Å². The molecule has 0 aliphatic carbocycles. The minimum atomic E-state index is -0.0792. The average molecular weight is 402 g/mol. The highest BCUT2D eigenvalue weighted by molar-refractivity contribution is 5.79. The lowest BCUT2D eigenvalue weighted by Gasteiger charge is -2.29. The van der Waals surface area contributed by atoms with E-state index < -0.39 is 0 Å². The highest BCUT2D eigenvalue weighted by Gasteiger charge is 2.27. The van der Waals surface area contributed by atoms with Gasteiger partial charge in [-0.3, -0.25) is 4.79 Å². The minimum absolute atomic E-state index is 0.0792. The number of aromatic nitrogens is 1. The molecule has 7 nitrogen and oxygen atoms in total. The van der Waals surface area contributed by atoms with Gasteiger partial charge in [0.1, 0.15) is 5.69 Å². The Morgan fingerprint density at radius 1 is 1.24 bits per heavy atom. The largest absolute Gasteiger partial charge is 0.385 e. The molecule has 0 N–H and O–H groups in total. The number of amides is 1. The Hall–Kier alpha value is -2.38. The minimum Gasteiger partial charge on any atom is -0.385 e. The van der Waals surface area contributed by atoms with Crippen LogP contribution >= 0.6 is 0 Å². The maximum atomic E-state index is 12.9. The average Bonchev–Trinajstić information content (AvgIpc) is 3.17. The van der Waals surface area contributed by atoms with Gasteiger partial charge in [0.25, 0.3) is 0 Å². The summed E-state index contributed by atoms with van der Waals surface area (Å²) in [5.74, 6) is 0.777. The summed E-state index contributed by atoms with van der Waals surface area (Å²) in [6, 6.07) is 9.98. The fourth-order valence-corrected chi connectivity index (χ4v) is 3.50.